The van der Waals surface area contributed by atoms with Crippen molar-refractivity contribution in [1.29, 1.82) is 0 Å². The van der Waals surface area contributed by atoms with Crippen LogP contribution < -0.4 is 22.2 Å². The van der Waals surface area contributed by atoms with Crippen LogP contribution in [-0.4, -0.2) is 54.6 Å². The number of nitrogens with zero attached hydrogens (tertiary/aromatic N) is 4. The summed E-state index contributed by atoms with van der Waals surface area (Å²) in [5.74, 6) is 6.36. The van der Waals surface area contributed by atoms with Crippen molar-refractivity contribution in [3.8, 4) is 0 Å². The van der Waals surface area contributed by atoms with Crippen LogP contribution in [0.3, 0.4) is 0 Å². The van der Waals surface area contributed by atoms with Crippen molar-refractivity contribution in [2.75, 3.05) is 6.54 Å². The van der Waals surface area contributed by atoms with Crippen molar-refractivity contribution in [1.82, 2.24) is 18.9 Å². The number of amides is 4. The molecule has 0 bridgehead atoms. The summed E-state index contributed by atoms with van der Waals surface area (Å²) in [6, 6.07) is 3.21. The second kappa shape index (κ2) is 57.7. The van der Waals surface area contributed by atoms with Gasteiger partial charge in [-0.05, 0) is 169 Å². The van der Waals surface area contributed by atoms with Gasteiger partial charge in [0.25, 0.3) is 45.9 Å². The minimum absolute atomic E-state index is 0.140. The molecular formula is C107H180N4O8. The zero-order chi connectivity index (χ0) is 85.5. The van der Waals surface area contributed by atoms with Gasteiger partial charge in [-0.3, -0.25) is 57.3 Å². The summed E-state index contributed by atoms with van der Waals surface area (Å²) in [4.78, 5) is 112. The summed E-state index contributed by atoms with van der Waals surface area (Å²) >= 11 is 0. The molecule has 119 heavy (non-hydrogen) atoms. The van der Waals surface area contributed by atoms with Gasteiger partial charge in [0.05, 0.1) is 32.6 Å². The summed E-state index contributed by atoms with van der Waals surface area (Å²) in [5.41, 5.74) is -2.33. The third kappa shape index (κ3) is 32.0. The molecule has 2 fully saturated rings. The SMILES string of the molecule is CCCCCCCCC1C(CCCCCC)CCC(CCCCCCCCC(CC)(CCCCC)n2c(=O)c3cc4c(=O)n(CCCCCCCCC5C(CCCCCCCCC(C)(C(C)CCCCC)N6C(=O)C=CC6=O)CCC(CCCCCC)C5CCCCCCCC)c(=O)c4cc3c2=O)C1CCCCCCCCN1C(=O)C=CC1=O. The van der Waals surface area contributed by atoms with E-state index in [-0.39, 0.29) is 73.3 Å². The largest absolute Gasteiger partial charge is 0.275 e. The van der Waals surface area contributed by atoms with E-state index in [0.29, 0.717) is 19.5 Å². The van der Waals surface area contributed by atoms with Gasteiger partial charge in [-0.15, -0.1) is 0 Å². The highest BCUT2D eigenvalue weighted by molar-refractivity contribution is 6.14. The van der Waals surface area contributed by atoms with E-state index >= 15 is 0 Å². The van der Waals surface area contributed by atoms with Gasteiger partial charge in [0, 0.05) is 37.4 Å². The van der Waals surface area contributed by atoms with Crippen LogP contribution in [0.4, 0.5) is 0 Å². The van der Waals surface area contributed by atoms with Gasteiger partial charge in [-0.2, -0.15) is 0 Å². The summed E-state index contributed by atoms with van der Waals surface area (Å²) in [7, 11) is 0. The molecule has 4 aliphatic rings. The minimum atomic E-state index is -0.621. The van der Waals surface area contributed by atoms with Crippen molar-refractivity contribution >= 4 is 45.2 Å². The molecule has 12 heteroatoms. The molecule has 4 amide bonds. The molecule has 1 aromatic carbocycles. The smallest absolute Gasteiger partial charge is 0.262 e. The highest BCUT2D eigenvalue weighted by Crippen LogP contribution is 2.50. The Labute approximate surface area is 726 Å². The molecule has 7 rings (SSSR count). The van der Waals surface area contributed by atoms with E-state index in [1.807, 2.05) is 0 Å². The molecule has 12 nitrogen and oxygen atoms in total. The number of unbranched alkanes of at least 4 members (excludes halogenated alkanes) is 40. The van der Waals surface area contributed by atoms with Crippen molar-refractivity contribution in [2.24, 2.45) is 53.3 Å². The summed E-state index contributed by atoms with van der Waals surface area (Å²) in [5, 5.41) is 1.11. The molecule has 2 aliphatic carbocycles. The van der Waals surface area contributed by atoms with E-state index in [9.17, 15) is 38.4 Å². The maximum absolute atomic E-state index is 14.9. The van der Waals surface area contributed by atoms with Crippen LogP contribution in [-0.2, 0) is 31.3 Å². The number of fused-ring (bicyclic) bond motifs is 2. The number of carbonyl (C=O) groups excluding carboxylic acids is 4. The number of rotatable bonds is 72. The van der Waals surface area contributed by atoms with E-state index in [1.54, 1.807) is 21.6 Å². The highest BCUT2D eigenvalue weighted by atomic mass is 16.2. The lowest BCUT2D eigenvalue weighted by Gasteiger charge is -2.44. The van der Waals surface area contributed by atoms with Gasteiger partial charge in [0.1, 0.15) is 0 Å². The van der Waals surface area contributed by atoms with Gasteiger partial charge in [0.15, 0.2) is 0 Å². The van der Waals surface area contributed by atoms with Crippen molar-refractivity contribution in [3.63, 3.8) is 0 Å². The van der Waals surface area contributed by atoms with Gasteiger partial charge in [-0.1, -0.05) is 389 Å². The number of benzene rings is 1. The summed E-state index contributed by atoms with van der Waals surface area (Å²) in [6.07, 6.45) is 87.8. The highest BCUT2D eigenvalue weighted by Gasteiger charge is 2.45. The topological polar surface area (TPSA) is 153 Å². The van der Waals surface area contributed by atoms with Gasteiger partial charge in [0.2, 0.25) is 0 Å². The quantitative estimate of drug-likeness (QED) is 0.0400. The second-order valence-electron chi connectivity index (χ2n) is 39.7. The lowest BCUT2D eigenvalue weighted by Crippen LogP contribution is -2.54. The lowest BCUT2D eigenvalue weighted by atomic mass is 9.61. The lowest BCUT2D eigenvalue weighted by molar-refractivity contribution is -0.146. The zero-order valence-corrected chi connectivity index (χ0v) is 78.5. The molecule has 4 heterocycles. The maximum atomic E-state index is 14.9. The molecule has 2 aliphatic heterocycles. The predicted octanol–water partition coefficient (Wildman–Crippen LogP) is 29.1. The number of carbonyl (C=O) groups is 4. The number of hydrogen-bond donors (Lipinski definition) is 0. The minimum Gasteiger partial charge on any atom is -0.275 e. The van der Waals surface area contributed by atoms with Crippen molar-refractivity contribution in [2.45, 2.75) is 510 Å². The molecular weight excluding hydrogens is 1470 g/mol. The molecule has 0 radical (unpaired) electrons. The first-order chi connectivity index (χ1) is 58.0. The number of hydrogen-bond acceptors (Lipinski definition) is 8. The summed E-state index contributed by atoms with van der Waals surface area (Å²) < 4.78 is 2.98. The van der Waals surface area contributed by atoms with Crippen LogP contribution in [0.5, 0.6) is 0 Å². The van der Waals surface area contributed by atoms with E-state index in [2.05, 4.69) is 62.3 Å². The van der Waals surface area contributed by atoms with E-state index in [0.717, 1.165) is 169 Å². The Balaban J connectivity index is 0.908. The molecule has 0 saturated heterocycles. The molecule has 2 aromatic heterocycles. The van der Waals surface area contributed by atoms with Crippen LogP contribution in [0.15, 0.2) is 55.6 Å². The second-order valence-corrected chi connectivity index (χ2v) is 39.7. The summed E-state index contributed by atoms with van der Waals surface area (Å²) in [6.45, 7) is 21.2. The van der Waals surface area contributed by atoms with Crippen LogP contribution in [0.25, 0.3) is 21.5 Å². The van der Waals surface area contributed by atoms with Crippen LogP contribution in [0, 0.1) is 53.3 Å². The third-order valence-electron chi connectivity index (χ3n) is 31.2. The van der Waals surface area contributed by atoms with Crippen LogP contribution in [0.1, 0.15) is 493 Å². The molecule has 0 spiro atoms. The molecule has 676 valence electrons. The van der Waals surface area contributed by atoms with E-state index < -0.39 is 11.1 Å². The predicted molar refractivity (Wildman–Crippen MR) is 504 cm³/mol. The number of imide groups is 2. The first-order valence-corrected chi connectivity index (χ1v) is 52.0. The Hall–Kier alpha value is -4.74. The Morgan fingerprint density at radius 3 is 0.933 bits per heavy atom. The van der Waals surface area contributed by atoms with Gasteiger partial charge in [-0.25, -0.2) is 0 Å². The average Bonchev–Trinajstić information content (AvgIpc) is 1.57. The van der Waals surface area contributed by atoms with Gasteiger partial charge < -0.3 is 0 Å². The average molecular weight is 1650 g/mol. The normalized spacial score (nSPS) is 21.1. The monoisotopic (exact) mass is 1650 g/mol. The van der Waals surface area contributed by atoms with Gasteiger partial charge >= 0.3 is 0 Å². The first kappa shape index (κ1) is 101. The Kier molecular flexibility index (Phi) is 49.2. The van der Waals surface area contributed by atoms with E-state index in [4.69, 9.17) is 0 Å². The Morgan fingerprint density at radius 2 is 0.571 bits per heavy atom. The molecule has 11 unspecified atom stereocenters. The fourth-order valence-corrected chi connectivity index (χ4v) is 23.6. The fourth-order valence-electron chi connectivity index (χ4n) is 23.6. The molecule has 3 aromatic rings. The number of aromatic nitrogens is 2. The van der Waals surface area contributed by atoms with E-state index in [1.165, 1.54) is 336 Å². The standard InChI is InChI=1S/C107H180N4O8/c1-10-17-23-27-39-52-66-90-87(63-49-26-20-13-4)71-73-89(92(90)68-54-41-31-35-45-59-81-108-98(112)74-75-99(108)113)65-51-38-30-34-44-58-80-107(16-7,79-56-22-15-6)111-104(118)96-83-94-95(84-97(96)105(111)119)103(117)109(102(94)116)82-60-46-36-32-42-55-69-93-88(72-70-86(62-48-25-19-12-3)91(93)67-53-40-28-24-18-11-2)64-50-37-29-33-43-57-78-106(9,85(8)61-47-21-14-5)110-100(114)76-77-101(110)115/h74-77,83-93H,10-73,78-82H2,1-9H3. The molecule has 2 saturated carbocycles. The van der Waals surface area contributed by atoms with Crippen molar-refractivity contribution in [3.05, 3.63) is 77.9 Å². The van der Waals surface area contributed by atoms with Crippen molar-refractivity contribution < 1.29 is 19.2 Å². The molecule has 0 N–H and O–H groups in total. The maximum Gasteiger partial charge on any atom is 0.262 e. The Bertz CT molecular complexity index is 3490. The fraction of sp³-hybridized carbons (Fsp3) is 0.832. The zero-order valence-electron chi connectivity index (χ0n) is 78.5. The van der Waals surface area contributed by atoms with Crippen LogP contribution >= 0.6 is 0 Å². The third-order valence-corrected chi connectivity index (χ3v) is 31.2. The first-order valence-electron chi connectivity index (χ1n) is 52.0. The van der Waals surface area contributed by atoms with Crippen LogP contribution in [0.2, 0.25) is 0 Å². The molecule has 11 atom stereocenters. The Morgan fingerprint density at radius 1 is 0.303 bits per heavy atom.